The predicted octanol–water partition coefficient (Wildman–Crippen LogP) is 1.83. The van der Waals surface area contributed by atoms with Crippen molar-refractivity contribution < 1.29 is 14.3 Å². The quantitative estimate of drug-likeness (QED) is 0.370. The van der Waals surface area contributed by atoms with Crippen molar-refractivity contribution in [2.75, 3.05) is 39.8 Å². The molecule has 2 N–H and O–H groups in total. The van der Waals surface area contributed by atoms with E-state index in [1.807, 2.05) is 37.8 Å². The molecule has 0 bridgehead atoms. The van der Waals surface area contributed by atoms with Gasteiger partial charge in [-0.25, -0.2) is 4.79 Å². The zero-order valence-electron chi connectivity index (χ0n) is 16.9. The van der Waals surface area contributed by atoms with Crippen LogP contribution in [0, 0.1) is 0 Å². The van der Waals surface area contributed by atoms with Crippen molar-refractivity contribution in [1.29, 1.82) is 0 Å². The fraction of sp³-hybridized carbons (Fsp3) is 0.550. The maximum atomic E-state index is 12.0. The van der Waals surface area contributed by atoms with E-state index in [2.05, 4.69) is 15.6 Å². The number of methoxy groups -OCH3 is 1. The molecule has 0 aromatic heterocycles. The number of guanidine groups is 1. The summed E-state index contributed by atoms with van der Waals surface area (Å²) in [5, 5.41) is 6.46. The van der Waals surface area contributed by atoms with Crippen LogP contribution < -0.4 is 10.6 Å². The van der Waals surface area contributed by atoms with Crippen LogP contribution in [-0.4, -0.2) is 62.6 Å². The summed E-state index contributed by atoms with van der Waals surface area (Å²) in [6.07, 6.45) is 1.21. The van der Waals surface area contributed by atoms with Crippen molar-refractivity contribution in [3.63, 3.8) is 0 Å². The molecule has 0 aliphatic carbocycles. The Morgan fingerprint density at radius 3 is 2.30 bits per heavy atom. The van der Waals surface area contributed by atoms with E-state index >= 15 is 0 Å². The minimum absolute atomic E-state index is 0.130. The summed E-state index contributed by atoms with van der Waals surface area (Å²) in [5.41, 5.74) is 1.66. The highest BCUT2D eigenvalue weighted by Gasteiger charge is 2.08. The Kier molecular flexibility index (Phi) is 10.6. The average Bonchev–Trinajstić information content (AvgIpc) is 2.69. The first-order valence-corrected chi connectivity index (χ1v) is 9.52. The van der Waals surface area contributed by atoms with Gasteiger partial charge in [-0.05, 0) is 44.9 Å². The zero-order chi connectivity index (χ0) is 20.1. The Labute approximate surface area is 162 Å². The summed E-state index contributed by atoms with van der Waals surface area (Å²) in [7, 11) is 1.37. The number of benzene rings is 1. The summed E-state index contributed by atoms with van der Waals surface area (Å²) < 4.78 is 4.70. The number of carbonyl (C=O) groups is 2. The van der Waals surface area contributed by atoms with Gasteiger partial charge in [-0.2, -0.15) is 0 Å². The first-order valence-electron chi connectivity index (χ1n) is 9.52. The van der Waals surface area contributed by atoms with Crippen molar-refractivity contribution in [2.24, 2.45) is 4.99 Å². The third-order valence-corrected chi connectivity index (χ3v) is 4.14. The largest absolute Gasteiger partial charge is 0.465 e. The summed E-state index contributed by atoms with van der Waals surface area (Å²) >= 11 is 0. The summed E-state index contributed by atoms with van der Waals surface area (Å²) in [4.78, 5) is 29.8. The fourth-order valence-corrected chi connectivity index (χ4v) is 2.59. The van der Waals surface area contributed by atoms with Gasteiger partial charge in [-0.1, -0.05) is 12.1 Å². The van der Waals surface area contributed by atoms with Crippen LogP contribution in [0.3, 0.4) is 0 Å². The van der Waals surface area contributed by atoms with Crippen LogP contribution in [0.15, 0.2) is 29.3 Å². The molecule has 1 rings (SSSR count). The second-order valence-corrected chi connectivity index (χ2v) is 5.94. The molecule has 1 aromatic carbocycles. The maximum absolute atomic E-state index is 12.0. The van der Waals surface area contributed by atoms with Crippen molar-refractivity contribution in [3.05, 3.63) is 35.4 Å². The topological polar surface area (TPSA) is 83.0 Å². The molecule has 0 radical (unpaired) electrons. The lowest BCUT2D eigenvalue weighted by Crippen LogP contribution is -2.38. The third-order valence-electron chi connectivity index (χ3n) is 4.14. The number of hydrogen-bond acceptors (Lipinski definition) is 4. The smallest absolute Gasteiger partial charge is 0.337 e. The van der Waals surface area contributed by atoms with Crippen molar-refractivity contribution in [3.8, 4) is 0 Å². The lowest BCUT2D eigenvalue weighted by Gasteiger charge is -2.18. The first-order chi connectivity index (χ1) is 13.0. The van der Waals surface area contributed by atoms with Crippen LogP contribution in [0.4, 0.5) is 0 Å². The molecule has 27 heavy (non-hydrogen) atoms. The Balaban J connectivity index is 2.47. The van der Waals surface area contributed by atoms with Gasteiger partial charge in [0.2, 0.25) is 5.91 Å². The number of amides is 1. The summed E-state index contributed by atoms with van der Waals surface area (Å²) in [6, 6.07) is 7.36. The van der Waals surface area contributed by atoms with Gasteiger partial charge in [-0.3, -0.25) is 9.79 Å². The molecule has 0 aliphatic heterocycles. The maximum Gasteiger partial charge on any atom is 0.337 e. The molecule has 0 aliphatic rings. The minimum Gasteiger partial charge on any atom is -0.465 e. The Morgan fingerprint density at radius 1 is 1.07 bits per heavy atom. The highest BCUT2D eigenvalue weighted by molar-refractivity contribution is 5.89. The SMILES string of the molecule is CCNC(=NCCC(=O)N(CC)CC)NCCc1ccc(C(=O)OC)cc1. The van der Waals surface area contributed by atoms with Crippen molar-refractivity contribution in [2.45, 2.75) is 33.6 Å². The molecule has 1 amide bonds. The minimum atomic E-state index is -0.333. The van der Waals surface area contributed by atoms with Gasteiger partial charge in [0.1, 0.15) is 0 Å². The van der Waals surface area contributed by atoms with E-state index in [1.165, 1.54) is 7.11 Å². The number of carbonyl (C=O) groups excluding carboxylic acids is 2. The molecule has 0 fully saturated rings. The number of hydrogen-bond donors (Lipinski definition) is 2. The number of nitrogens with zero attached hydrogens (tertiary/aromatic N) is 2. The standard InChI is InChI=1S/C20H32N4O3/c1-5-21-20(23-15-13-18(25)24(6-2)7-3)22-14-12-16-8-10-17(11-9-16)19(26)27-4/h8-11H,5-7,12-15H2,1-4H3,(H2,21,22,23). The molecule has 0 heterocycles. The monoisotopic (exact) mass is 376 g/mol. The van der Waals surface area contributed by atoms with Crippen LogP contribution in [0.5, 0.6) is 0 Å². The molecular weight excluding hydrogens is 344 g/mol. The fourth-order valence-electron chi connectivity index (χ4n) is 2.59. The van der Waals surface area contributed by atoms with E-state index in [0.29, 0.717) is 31.0 Å². The normalized spacial score (nSPS) is 11.0. The molecule has 0 spiro atoms. The number of ether oxygens (including phenoxy) is 1. The molecular formula is C20H32N4O3. The van der Waals surface area contributed by atoms with E-state index in [-0.39, 0.29) is 11.9 Å². The molecule has 7 nitrogen and oxygen atoms in total. The van der Waals surface area contributed by atoms with Crippen LogP contribution in [-0.2, 0) is 16.0 Å². The summed E-state index contributed by atoms with van der Waals surface area (Å²) in [6.45, 7) is 9.33. The van der Waals surface area contributed by atoms with E-state index < -0.39 is 0 Å². The Bertz CT molecular complexity index is 610. The molecule has 150 valence electrons. The van der Waals surface area contributed by atoms with E-state index in [9.17, 15) is 9.59 Å². The number of rotatable bonds is 10. The van der Waals surface area contributed by atoms with Crippen LogP contribution in [0.25, 0.3) is 0 Å². The van der Waals surface area contributed by atoms with Gasteiger partial charge in [0.25, 0.3) is 0 Å². The zero-order valence-corrected chi connectivity index (χ0v) is 16.9. The van der Waals surface area contributed by atoms with Gasteiger partial charge in [0.15, 0.2) is 5.96 Å². The molecule has 0 atom stereocenters. The highest BCUT2D eigenvalue weighted by atomic mass is 16.5. The average molecular weight is 377 g/mol. The van der Waals surface area contributed by atoms with Gasteiger partial charge < -0.3 is 20.3 Å². The number of esters is 1. The highest BCUT2D eigenvalue weighted by Crippen LogP contribution is 2.06. The van der Waals surface area contributed by atoms with Crippen LogP contribution >= 0.6 is 0 Å². The predicted molar refractivity (Wildman–Crippen MR) is 108 cm³/mol. The van der Waals surface area contributed by atoms with Gasteiger partial charge in [-0.15, -0.1) is 0 Å². The molecule has 0 saturated heterocycles. The molecule has 0 saturated carbocycles. The van der Waals surface area contributed by atoms with Gasteiger partial charge in [0.05, 0.1) is 19.2 Å². The van der Waals surface area contributed by atoms with E-state index in [1.54, 1.807) is 12.1 Å². The second kappa shape index (κ2) is 12.7. The second-order valence-electron chi connectivity index (χ2n) is 5.94. The lowest BCUT2D eigenvalue weighted by atomic mass is 10.1. The lowest BCUT2D eigenvalue weighted by molar-refractivity contribution is -0.130. The molecule has 7 heteroatoms. The third kappa shape index (κ3) is 8.11. The summed E-state index contributed by atoms with van der Waals surface area (Å²) in [5.74, 6) is 0.502. The van der Waals surface area contributed by atoms with Gasteiger partial charge >= 0.3 is 5.97 Å². The van der Waals surface area contributed by atoms with Crippen LogP contribution in [0.1, 0.15) is 43.1 Å². The molecule has 0 unspecified atom stereocenters. The van der Waals surface area contributed by atoms with Crippen LogP contribution in [0.2, 0.25) is 0 Å². The van der Waals surface area contributed by atoms with Gasteiger partial charge in [0, 0.05) is 32.6 Å². The van der Waals surface area contributed by atoms with Crippen molar-refractivity contribution >= 4 is 17.8 Å². The van der Waals surface area contributed by atoms with E-state index in [0.717, 1.165) is 31.6 Å². The van der Waals surface area contributed by atoms with Crippen molar-refractivity contribution in [1.82, 2.24) is 15.5 Å². The first kappa shape index (κ1) is 22.5. The number of nitrogens with one attached hydrogen (secondary N) is 2. The number of aliphatic imine (C=N–C) groups is 1. The molecule has 1 aromatic rings. The Hall–Kier alpha value is -2.57. The Morgan fingerprint density at radius 2 is 1.74 bits per heavy atom. The van der Waals surface area contributed by atoms with E-state index in [4.69, 9.17) is 4.74 Å².